The average Bonchev–Trinajstić information content (AvgIpc) is 2.19. The van der Waals surface area contributed by atoms with Crippen molar-refractivity contribution in [1.29, 1.82) is 0 Å². The number of anilines is 1. The standard InChI is InChI=1S/C9H14N2O4S/c1-11-4-5-15-8-3-2-7(10)6-9(8)16(12,13)14/h2-3,6,11H,4-5,10H2,1H3,(H,12,13,14). The Hall–Kier alpha value is -1.31. The van der Waals surface area contributed by atoms with Crippen LogP contribution in [0, 0.1) is 0 Å². The minimum Gasteiger partial charge on any atom is -0.491 e. The molecule has 0 saturated heterocycles. The lowest BCUT2D eigenvalue weighted by atomic mass is 10.3. The van der Waals surface area contributed by atoms with Gasteiger partial charge in [-0.05, 0) is 25.2 Å². The first kappa shape index (κ1) is 12.8. The molecule has 0 unspecified atom stereocenters. The van der Waals surface area contributed by atoms with Gasteiger partial charge in [0.05, 0.1) is 0 Å². The van der Waals surface area contributed by atoms with Gasteiger partial charge in [0.2, 0.25) is 0 Å². The number of ether oxygens (including phenoxy) is 1. The molecule has 1 aromatic carbocycles. The van der Waals surface area contributed by atoms with Crippen LogP contribution in [-0.4, -0.2) is 33.2 Å². The molecule has 0 amide bonds. The molecule has 0 radical (unpaired) electrons. The maximum atomic E-state index is 11.0. The quantitative estimate of drug-likeness (QED) is 0.387. The Morgan fingerprint density at radius 3 is 2.75 bits per heavy atom. The Morgan fingerprint density at radius 2 is 2.19 bits per heavy atom. The van der Waals surface area contributed by atoms with E-state index in [-0.39, 0.29) is 16.3 Å². The molecule has 4 N–H and O–H groups in total. The normalized spacial score (nSPS) is 11.4. The zero-order valence-electron chi connectivity index (χ0n) is 8.80. The maximum absolute atomic E-state index is 11.0. The molecular weight excluding hydrogens is 232 g/mol. The van der Waals surface area contributed by atoms with Crippen LogP contribution >= 0.6 is 0 Å². The Kier molecular flexibility index (Phi) is 4.11. The van der Waals surface area contributed by atoms with Gasteiger partial charge in [0.15, 0.2) is 0 Å². The molecular formula is C9H14N2O4S. The molecule has 0 aromatic heterocycles. The molecule has 16 heavy (non-hydrogen) atoms. The van der Waals surface area contributed by atoms with E-state index in [1.165, 1.54) is 12.1 Å². The Bertz CT molecular complexity index is 459. The van der Waals surface area contributed by atoms with Gasteiger partial charge in [-0.3, -0.25) is 4.55 Å². The van der Waals surface area contributed by atoms with Crippen molar-refractivity contribution in [2.75, 3.05) is 25.9 Å². The smallest absolute Gasteiger partial charge is 0.298 e. The van der Waals surface area contributed by atoms with E-state index in [4.69, 9.17) is 15.0 Å². The second-order valence-corrected chi connectivity index (χ2v) is 4.52. The Labute approximate surface area is 94.2 Å². The number of likely N-dealkylation sites (N-methyl/N-ethyl adjacent to an activating group) is 1. The fourth-order valence-corrected chi connectivity index (χ4v) is 1.77. The van der Waals surface area contributed by atoms with Gasteiger partial charge in [-0.25, -0.2) is 0 Å². The van der Waals surface area contributed by atoms with Crippen LogP contribution in [0.25, 0.3) is 0 Å². The molecule has 0 spiro atoms. The third kappa shape index (κ3) is 3.37. The van der Waals surface area contributed by atoms with Crippen LogP contribution in [-0.2, 0) is 10.1 Å². The minimum atomic E-state index is -4.32. The van der Waals surface area contributed by atoms with E-state index in [9.17, 15) is 8.42 Å². The number of rotatable bonds is 5. The van der Waals surface area contributed by atoms with Gasteiger partial charge in [0, 0.05) is 12.2 Å². The summed E-state index contributed by atoms with van der Waals surface area (Å²) in [5.41, 5.74) is 5.68. The number of hydrogen-bond donors (Lipinski definition) is 3. The second-order valence-electron chi connectivity index (χ2n) is 3.13. The molecule has 0 aliphatic rings. The van der Waals surface area contributed by atoms with Crippen LogP contribution in [0.15, 0.2) is 23.1 Å². The van der Waals surface area contributed by atoms with Crippen molar-refractivity contribution in [2.45, 2.75) is 4.90 Å². The van der Waals surface area contributed by atoms with E-state index in [1.54, 1.807) is 7.05 Å². The van der Waals surface area contributed by atoms with E-state index in [0.29, 0.717) is 13.2 Å². The zero-order chi connectivity index (χ0) is 12.2. The van der Waals surface area contributed by atoms with E-state index in [1.807, 2.05) is 0 Å². The van der Waals surface area contributed by atoms with Crippen LogP contribution in [0.5, 0.6) is 5.75 Å². The SMILES string of the molecule is CNCCOc1ccc(N)cc1S(=O)(=O)O. The molecule has 7 heteroatoms. The molecule has 0 aliphatic heterocycles. The Morgan fingerprint density at radius 1 is 1.50 bits per heavy atom. The van der Waals surface area contributed by atoms with Crippen molar-refractivity contribution in [1.82, 2.24) is 5.32 Å². The highest BCUT2D eigenvalue weighted by Gasteiger charge is 2.16. The summed E-state index contributed by atoms with van der Waals surface area (Å²) in [4.78, 5) is -0.316. The van der Waals surface area contributed by atoms with Crippen LogP contribution in [0.2, 0.25) is 0 Å². The van der Waals surface area contributed by atoms with Crippen molar-refractivity contribution in [3.8, 4) is 5.75 Å². The summed E-state index contributed by atoms with van der Waals surface area (Å²) in [6.07, 6.45) is 0. The van der Waals surface area contributed by atoms with Gasteiger partial charge in [-0.2, -0.15) is 8.42 Å². The molecule has 90 valence electrons. The second kappa shape index (κ2) is 5.15. The summed E-state index contributed by atoms with van der Waals surface area (Å²) in [5.74, 6) is 0.0898. The van der Waals surface area contributed by atoms with Gasteiger partial charge in [-0.15, -0.1) is 0 Å². The fourth-order valence-electron chi connectivity index (χ4n) is 1.11. The lowest BCUT2D eigenvalue weighted by molar-refractivity contribution is 0.309. The van der Waals surface area contributed by atoms with Gasteiger partial charge in [-0.1, -0.05) is 0 Å². The monoisotopic (exact) mass is 246 g/mol. The predicted molar refractivity (Wildman–Crippen MR) is 60.1 cm³/mol. The topological polar surface area (TPSA) is 102 Å². The molecule has 0 atom stereocenters. The van der Waals surface area contributed by atoms with Gasteiger partial charge < -0.3 is 15.8 Å². The largest absolute Gasteiger partial charge is 0.491 e. The van der Waals surface area contributed by atoms with Crippen molar-refractivity contribution >= 4 is 15.8 Å². The third-order valence-electron chi connectivity index (χ3n) is 1.86. The summed E-state index contributed by atoms with van der Waals surface area (Å²) in [7, 11) is -2.57. The first-order chi connectivity index (χ1) is 7.45. The van der Waals surface area contributed by atoms with Crippen LogP contribution in [0.4, 0.5) is 5.69 Å². The summed E-state index contributed by atoms with van der Waals surface area (Å²) in [6, 6.07) is 4.07. The zero-order valence-corrected chi connectivity index (χ0v) is 9.62. The molecule has 0 heterocycles. The summed E-state index contributed by atoms with van der Waals surface area (Å²) >= 11 is 0. The molecule has 6 nitrogen and oxygen atoms in total. The third-order valence-corrected chi connectivity index (χ3v) is 2.73. The molecule has 0 aliphatic carbocycles. The minimum absolute atomic E-state index is 0.0898. The van der Waals surface area contributed by atoms with Crippen molar-refractivity contribution in [3.05, 3.63) is 18.2 Å². The predicted octanol–water partition coefficient (Wildman–Crippen LogP) is 0.114. The van der Waals surface area contributed by atoms with E-state index in [0.717, 1.165) is 6.07 Å². The lowest BCUT2D eigenvalue weighted by Crippen LogP contribution is -2.17. The molecule has 0 bridgehead atoms. The summed E-state index contributed by atoms with van der Waals surface area (Å²) in [6.45, 7) is 0.859. The molecule has 0 fully saturated rings. The van der Waals surface area contributed by atoms with Gasteiger partial charge in [0.1, 0.15) is 17.3 Å². The maximum Gasteiger partial charge on any atom is 0.298 e. The number of nitrogen functional groups attached to an aromatic ring is 1. The highest BCUT2D eigenvalue weighted by atomic mass is 32.2. The van der Waals surface area contributed by atoms with E-state index >= 15 is 0 Å². The molecule has 0 saturated carbocycles. The van der Waals surface area contributed by atoms with Gasteiger partial charge >= 0.3 is 0 Å². The molecule has 1 rings (SSSR count). The van der Waals surface area contributed by atoms with Crippen molar-refractivity contribution in [3.63, 3.8) is 0 Å². The highest BCUT2D eigenvalue weighted by molar-refractivity contribution is 7.86. The molecule has 1 aromatic rings. The van der Waals surface area contributed by atoms with E-state index < -0.39 is 10.1 Å². The number of nitrogens with two attached hydrogens (primary N) is 1. The van der Waals surface area contributed by atoms with Gasteiger partial charge in [0.25, 0.3) is 10.1 Å². The van der Waals surface area contributed by atoms with Crippen LogP contribution in [0.1, 0.15) is 0 Å². The van der Waals surface area contributed by atoms with Crippen molar-refractivity contribution in [2.24, 2.45) is 0 Å². The van der Waals surface area contributed by atoms with Crippen molar-refractivity contribution < 1.29 is 17.7 Å². The Balaban J connectivity index is 2.99. The first-order valence-corrected chi connectivity index (χ1v) is 6.03. The summed E-state index contributed by atoms with van der Waals surface area (Å²) < 4.78 is 36.3. The summed E-state index contributed by atoms with van der Waals surface area (Å²) in [5, 5.41) is 2.85. The first-order valence-electron chi connectivity index (χ1n) is 4.59. The van der Waals surface area contributed by atoms with Crippen LogP contribution < -0.4 is 15.8 Å². The van der Waals surface area contributed by atoms with Crippen LogP contribution in [0.3, 0.4) is 0 Å². The number of benzene rings is 1. The number of hydrogen-bond acceptors (Lipinski definition) is 5. The fraction of sp³-hybridized carbons (Fsp3) is 0.333. The highest BCUT2D eigenvalue weighted by Crippen LogP contribution is 2.25. The number of nitrogens with one attached hydrogen (secondary N) is 1. The average molecular weight is 246 g/mol. The lowest BCUT2D eigenvalue weighted by Gasteiger charge is -2.09. The van der Waals surface area contributed by atoms with E-state index in [2.05, 4.69) is 5.32 Å².